The van der Waals surface area contributed by atoms with Crippen LogP contribution in [0.1, 0.15) is 5.69 Å². The van der Waals surface area contributed by atoms with Crippen LogP contribution in [-0.4, -0.2) is 49.8 Å². The van der Waals surface area contributed by atoms with Gasteiger partial charge in [-0.15, -0.1) is 0 Å². The van der Waals surface area contributed by atoms with E-state index >= 15 is 0 Å². The summed E-state index contributed by atoms with van der Waals surface area (Å²) >= 11 is 0. The zero-order valence-electron chi connectivity index (χ0n) is 9.11. The van der Waals surface area contributed by atoms with Crippen LogP contribution in [0, 0.1) is 0 Å². The molecule has 1 aliphatic heterocycles. The Morgan fingerprint density at radius 2 is 2.12 bits per heavy atom. The van der Waals surface area contributed by atoms with Crippen molar-refractivity contribution in [3.63, 3.8) is 0 Å². The molecule has 1 saturated heterocycles. The van der Waals surface area contributed by atoms with Crippen molar-refractivity contribution in [2.75, 3.05) is 29.5 Å². The van der Waals surface area contributed by atoms with Crippen LogP contribution < -0.4 is 10.6 Å². The molecular weight excluding hydrogens is 242 g/mol. The number of nitrogens with two attached hydrogens (primary N) is 1. The van der Waals surface area contributed by atoms with Crippen molar-refractivity contribution < 1.29 is 9.42 Å². The number of rotatable bonds is 2. The molecule has 1 fully saturated rings. The average Bonchev–Trinajstić information content (AvgIpc) is 2.39. The van der Waals surface area contributed by atoms with Crippen LogP contribution in [0.15, 0.2) is 17.5 Å². The lowest BCUT2D eigenvalue weighted by molar-refractivity contribution is 0.318. The number of aromatic nitrogens is 2. The van der Waals surface area contributed by atoms with E-state index in [-0.39, 0.29) is 5.84 Å². The predicted octanol–water partition coefficient (Wildman–Crippen LogP) is -0.860. The molecule has 0 aliphatic carbocycles. The lowest BCUT2D eigenvalue weighted by Crippen LogP contribution is -2.38. The van der Waals surface area contributed by atoms with E-state index in [9.17, 15) is 4.21 Å². The fraction of sp³-hybridized carbons (Fsp3) is 0.444. The highest BCUT2D eigenvalue weighted by atomic mass is 32.2. The molecule has 0 aromatic carbocycles. The second-order valence-electron chi connectivity index (χ2n) is 3.58. The maximum Gasteiger partial charge on any atom is 0.190 e. The summed E-state index contributed by atoms with van der Waals surface area (Å²) in [7, 11) is -0.710. The quantitative estimate of drug-likeness (QED) is 0.308. The highest BCUT2D eigenvalue weighted by Gasteiger charge is 2.16. The lowest BCUT2D eigenvalue weighted by atomic mass is 10.4. The molecule has 0 bridgehead atoms. The van der Waals surface area contributed by atoms with Crippen molar-refractivity contribution in [1.82, 2.24) is 9.97 Å². The van der Waals surface area contributed by atoms with E-state index in [1.54, 1.807) is 6.20 Å². The van der Waals surface area contributed by atoms with E-state index in [4.69, 9.17) is 10.9 Å². The number of anilines is 1. The number of hydrogen-bond donors (Lipinski definition) is 2. The maximum atomic E-state index is 11.2. The highest BCUT2D eigenvalue weighted by molar-refractivity contribution is 7.85. The number of oxime groups is 1. The van der Waals surface area contributed by atoms with Gasteiger partial charge in [0.2, 0.25) is 0 Å². The first kappa shape index (κ1) is 11.8. The highest BCUT2D eigenvalue weighted by Crippen LogP contribution is 2.11. The average molecular weight is 255 g/mol. The van der Waals surface area contributed by atoms with E-state index in [0.29, 0.717) is 30.3 Å². The Labute approximate surface area is 101 Å². The van der Waals surface area contributed by atoms with Gasteiger partial charge >= 0.3 is 0 Å². The summed E-state index contributed by atoms with van der Waals surface area (Å²) in [6.45, 7) is 1.43. The molecule has 0 unspecified atom stereocenters. The van der Waals surface area contributed by atoms with Crippen LogP contribution >= 0.6 is 0 Å². The monoisotopic (exact) mass is 255 g/mol. The molecule has 1 aromatic rings. The van der Waals surface area contributed by atoms with Gasteiger partial charge in [-0.2, -0.15) is 0 Å². The van der Waals surface area contributed by atoms with E-state index in [0.717, 1.165) is 5.82 Å². The molecule has 2 rings (SSSR count). The van der Waals surface area contributed by atoms with Gasteiger partial charge in [-0.3, -0.25) is 4.21 Å². The molecule has 2 heterocycles. The van der Waals surface area contributed by atoms with E-state index in [2.05, 4.69) is 15.1 Å². The Balaban J connectivity index is 2.10. The Morgan fingerprint density at radius 1 is 1.41 bits per heavy atom. The van der Waals surface area contributed by atoms with Crippen LogP contribution in [0.5, 0.6) is 0 Å². The van der Waals surface area contributed by atoms with Crippen molar-refractivity contribution in [1.29, 1.82) is 0 Å². The maximum absolute atomic E-state index is 11.2. The van der Waals surface area contributed by atoms with E-state index in [1.807, 2.05) is 4.90 Å². The smallest absolute Gasteiger partial charge is 0.190 e. The van der Waals surface area contributed by atoms with Crippen molar-refractivity contribution in [3.8, 4) is 0 Å². The molecule has 0 amide bonds. The molecule has 8 heteroatoms. The minimum Gasteiger partial charge on any atom is -0.409 e. The third kappa shape index (κ3) is 2.70. The van der Waals surface area contributed by atoms with Gasteiger partial charge < -0.3 is 15.8 Å². The van der Waals surface area contributed by atoms with E-state index in [1.165, 1.54) is 6.20 Å². The third-order valence-corrected chi connectivity index (χ3v) is 3.79. The summed E-state index contributed by atoms with van der Waals surface area (Å²) in [6.07, 6.45) is 3.03. The summed E-state index contributed by atoms with van der Waals surface area (Å²) in [5, 5.41) is 11.3. The number of hydrogen-bond acceptors (Lipinski definition) is 6. The summed E-state index contributed by atoms with van der Waals surface area (Å²) in [4.78, 5) is 10.3. The lowest BCUT2D eigenvalue weighted by Gasteiger charge is -2.26. The Hall–Kier alpha value is -1.70. The summed E-state index contributed by atoms with van der Waals surface area (Å²) < 4.78 is 11.2. The second-order valence-corrected chi connectivity index (χ2v) is 5.28. The van der Waals surface area contributed by atoms with Gasteiger partial charge in [0, 0.05) is 35.4 Å². The molecule has 0 radical (unpaired) electrons. The zero-order valence-corrected chi connectivity index (χ0v) is 9.93. The SMILES string of the molecule is NC(=NO)c1cnc(N2CCS(=O)CC2)cn1. The first-order chi connectivity index (χ1) is 8.20. The molecule has 0 saturated carbocycles. The van der Waals surface area contributed by atoms with Gasteiger partial charge in [0.05, 0.1) is 12.4 Å². The molecular formula is C9H13N5O2S. The summed E-state index contributed by atoms with van der Waals surface area (Å²) in [6, 6.07) is 0. The van der Waals surface area contributed by atoms with Crippen LogP contribution in [0.25, 0.3) is 0 Å². The van der Waals surface area contributed by atoms with Gasteiger partial charge in [-0.1, -0.05) is 5.16 Å². The molecule has 7 nitrogen and oxygen atoms in total. The number of nitrogens with zero attached hydrogens (tertiary/aromatic N) is 4. The minimum absolute atomic E-state index is 0.0659. The second kappa shape index (κ2) is 5.09. The van der Waals surface area contributed by atoms with Crippen LogP contribution in [0.3, 0.4) is 0 Å². The fourth-order valence-electron chi connectivity index (χ4n) is 1.54. The molecule has 17 heavy (non-hydrogen) atoms. The van der Waals surface area contributed by atoms with Crippen molar-refractivity contribution >= 4 is 22.5 Å². The molecule has 1 aromatic heterocycles. The summed E-state index contributed by atoms with van der Waals surface area (Å²) in [5.41, 5.74) is 5.72. The number of amidine groups is 1. The topological polar surface area (TPSA) is 105 Å². The minimum atomic E-state index is -0.710. The van der Waals surface area contributed by atoms with Crippen LogP contribution in [-0.2, 0) is 10.8 Å². The standard InChI is InChI=1S/C9H13N5O2S/c10-9(13-15)7-5-12-8(6-11-7)14-1-3-17(16)4-2-14/h5-6,15H,1-4H2,(H2,10,13). The Bertz CT molecular complexity index is 437. The molecule has 92 valence electrons. The van der Waals surface area contributed by atoms with Gasteiger partial charge in [0.15, 0.2) is 5.84 Å². The Kier molecular flexibility index (Phi) is 3.52. The summed E-state index contributed by atoms with van der Waals surface area (Å²) in [5.74, 6) is 1.97. The van der Waals surface area contributed by atoms with Gasteiger partial charge in [-0.25, -0.2) is 9.97 Å². The normalized spacial score (nSPS) is 18.4. The molecule has 3 N–H and O–H groups in total. The van der Waals surface area contributed by atoms with Crippen molar-refractivity contribution in [2.45, 2.75) is 0 Å². The van der Waals surface area contributed by atoms with Crippen LogP contribution in [0.4, 0.5) is 5.82 Å². The van der Waals surface area contributed by atoms with Crippen molar-refractivity contribution in [3.05, 3.63) is 18.1 Å². The van der Waals surface area contributed by atoms with Gasteiger partial charge in [0.25, 0.3) is 0 Å². The molecule has 1 aliphatic rings. The van der Waals surface area contributed by atoms with E-state index < -0.39 is 10.8 Å². The molecule has 0 spiro atoms. The van der Waals surface area contributed by atoms with Gasteiger partial charge in [0.1, 0.15) is 11.5 Å². The molecule has 0 atom stereocenters. The first-order valence-electron chi connectivity index (χ1n) is 5.10. The first-order valence-corrected chi connectivity index (χ1v) is 6.59. The predicted molar refractivity (Wildman–Crippen MR) is 64.6 cm³/mol. The third-order valence-electron chi connectivity index (χ3n) is 2.51. The largest absolute Gasteiger partial charge is 0.409 e. The van der Waals surface area contributed by atoms with Crippen molar-refractivity contribution in [2.24, 2.45) is 10.9 Å². The Morgan fingerprint density at radius 3 is 2.65 bits per heavy atom. The van der Waals surface area contributed by atoms with Gasteiger partial charge in [-0.05, 0) is 0 Å². The zero-order chi connectivity index (χ0) is 12.3. The van der Waals surface area contributed by atoms with Crippen LogP contribution in [0.2, 0.25) is 0 Å². The fourth-order valence-corrected chi connectivity index (χ4v) is 2.59.